The number of amides is 1. The molecule has 0 aliphatic rings. The summed E-state index contributed by atoms with van der Waals surface area (Å²) in [5.41, 5.74) is 1.05. The lowest BCUT2D eigenvalue weighted by Gasteiger charge is -2.10. The molecule has 32 heavy (non-hydrogen) atoms. The molecule has 1 heterocycles. The van der Waals surface area contributed by atoms with E-state index in [1.54, 1.807) is 48.5 Å². The van der Waals surface area contributed by atoms with E-state index in [9.17, 15) is 19.7 Å². The maximum absolute atomic E-state index is 12.9. The third-order valence-corrected chi connectivity index (χ3v) is 4.94. The zero-order chi connectivity index (χ0) is 22.7. The molecule has 4 rings (SSSR count). The zero-order valence-electron chi connectivity index (χ0n) is 16.4. The predicted molar refractivity (Wildman–Crippen MR) is 120 cm³/mol. The van der Waals surface area contributed by atoms with Crippen LogP contribution in [0.1, 0.15) is 26.5 Å². The standard InChI is InChI=1S/C24H15ClN2O5/c25-16-10-11-19(18(14-16)23(28)15-6-2-1-3-7-15)26-24(29)22-13-12-21(32-22)17-8-4-5-9-20(17)27(30)31/h1-14H,(H,26,29). The van der Waals surface area contributed by atoms with Gasteiger partial charge in [-0.05, 0) is 36.4 Å². The zero-order valence-corrected chi connectivity index (χ0v) is 17.2. The van der Waals surface area contributed by atoms with Gasteiger partial charge in [-0.1, -0.05) is 54.1 Å². The van der Waals surface area contributed by atoms with E-state index in [0.29, 0.717) is 10.6 Å². The molecule has 1 aromatic heterocycles. The number of carbonyl (C=O) groups excluding carboxylic acids is 2. The van der Waals surface area contributed by atoms with Crippen molar-refractivity contribution in [2.75, 3.05) is 5.32 Å². The molecule has 8 heteroatoms. The number of furan rings is 1. The van der Waals surface area contributed by atoms with Crippen LogP contribution in [0.25, 0.3) is 11.3 Å². The maximum atomic E-state index is 12.9. The van der Waals surface area contributed by atoms with Crippen LogP contribution in [-0.4, -0.2) is 16.6 Å². The number of benzene rings is 3. The van der Waals surface area contributed by atoms with Crippen molar-refractivity contribution in [1.82, 2.24) is 0 Å². The van der Waals surface area contributed by atoms with Crippen molar-refractivity contribution in [1.29, 1.82) is 0 Å². The molecular weight excluding hydrogens is 432 g/mol. The van der Waals surface area contributed by atoms with Crippen molar-refractivity contribution in [2.45, 2.75) is 0 Å². The van der Waals surface area contributed by atoms with Crippen LogP contribution in [-0.2, 0) is 0 Å². The summed E-state index contributed by atoms with van der Waals surface area (Å²) in [7, 11) is 0. The molecule has 0 saturated heterocycles. The number of nitro benzene ring substituents is 1. The minimum atomic E-state index is -0.612. The Hall–Kier alpha value is -4.23. The molecule has 0 saturated carbocycles. The predicted octanol–water partition coefficient (Wildman–Crippen LogP) is 5.99. The fourth-order valence-electron chi connectivity index (χ4n) is 3.19. The molecule has 0 fully saturated rings. The van der Waals surface area contributed by atoms with Crippen LogP contribution in [0.3, 0.4) is 0 Å². The highest BCUT2D eigenvalue weighted by Crippen LogP contribution is 2.31. The van der Waals surface area contributed by atoms with Gasteiger partial charge in [0.25, 0.3) is 11.6 Å². The number of carbonyl (C=O) groups is 2. The summed E-state index contributed by atoms with van der Waals surface area (Å²) in [4.78, 5) is 36.5. The number of anilines is 1. The van der Waals surface area contributed by atoms with Gasteiger partial charge in [0.2, 0.25) is 0 Å². The van der Waals surface area contributed by atoms with Gasteiger partial charge in [-0.15, -0.1) is 0 Å². The quantitative estimate of drug-likeness (QED) is 0.222. The number of rotatable bonds is 6. The van der Waals surface area contributed by atoms with Gasteiger partial charge >= 0.3 is 0 Å². The second-order valence-corrected chi connectivity index (χ2v) is 7.21. The highest BCUT2D eigenvalue weighted by molar-refractivity contribution is 6.31. The van der Waals surface area contributed by atoms with Crippen LogP contribution < -0.4 is 5.32 Å². The average Bonchev–Trinajstić information content (AvgIpc) is 3.30. The molecule has 3 aromatic carbocycles. The molecule has 0 spiro atoms. The van der Waals surface area contributed by atoms with E-state index < -0.39 is 10.8 Å². The Kier molecular flexibility index (Phi) is 5.83. The van der Waals surface area contributed by atoms with Gasteiger partial charge in [0, 0.05) is 22.2 Å². The average molecular weight is 447 g/mol. The monoisotopic (exact) mass is 446 g/mol. The Balaban J connectivity index is 1.63. The number of nitrogens with zero attached hydrogens (tertiary/aromatic N) is 1. The third kappa shape index (κ3) is 4.28. The molecule has 0 radical (unpaired) electrons. The minimum Gasteiger partial charge on any atom is -0.451 e. The molecule has 1 N–H and O–H groups in total. The van der Waals surface area contributed by atoms with Gasteiger partial charge in [0.1, 0.15) is 5.76 Å². The summed E-state index contributed by atoms with van der Waals surface area (Å²) in [5, 5.41) is 14.3. The van der Waals surface area contributed by atoms with E-state index in [-0.39, 0.29) is 39.8 Å². The van der Waals surface area contributed by atoms with Gasteiger partial charge < -0.3 is 9.73 Å². The van der Waals surface area contributed by atoms with Crippen molar-refractivity contribution >= 4 is 34.7 Å². The lowest BCUT2D eigenvalue weighted by Crippen LogP contribution is -2.14. The smallest absolute Gasteiger partial charge is 0.291 e. The summed E-state index contributed by atoms with van der Waals surface area (Å²) in [6.45, 7) is 0. The molecule has 0 bridgehead atoms. The largest absolute Gasteiger partial charge is 0.451 e. The van der Waals surface area contributed by atoms with Crippen molar-refractivity contribution in [3.8, 4) is 11.3 Å². The van der Waals surface area contributed by atoms with Crippen molar-refractivity contribution in [3.05, 3.63) is 117 Å². The van der Waals surface area contributed by atoms with Crippen LogP contribution in [0.4, 0.5) is 11.4 Å². The SMILES string of the molecule is O=C(Nc1ccc(Cl)cc1C(=O)c1ccccc1)c1ccc(-c2ccccc2[N+](=O)[O-])o1. The second-order valence-electron chi connectivity index (χ2n) is 6.78. The van der Waals surface area contributed by atoms with E-state index in [1.807, 2.05) is 0 Å². The topological polar surface area (TPSA) is 102 Å². The Morgan fingerprint density at radius 2 is 1.62 bits per heavy atom. The van der Waals surface area contributed by atoms with Crippen LogP contribution >= 0.6 is 11.6 Å². The lowest BCUT2D eigenvalue weighted by molar-refractivity contribution is -0.384. The van der Waals surface area contributed by atoms with Crippen molar-refractivity contribution < 1.29 is 18.9 Å². The molecule has 7 nitrogen and oxygen atoms in total. The Bertz CT molecular complexity index is 1330. The van der Waals surface area contributed by atoms with E-state index >= 15 is 0 Å². The number of nitrogens with one attached hydrogen (secondary N) is 1. The first kappa shape index (κ1) is 21.0. The van der Waals surface area contributed by atoms with Gasteiger partial charge in [-0.2, -0.15) is 0 Å². The van der Waals surface area contributed by atoms with E-state index in [0.717, 1.165) is 0 Å². The molecular formula is C24H15ClN2O5. The highest BCUT2D eigenvalue weighted by atomic mass is 35.5. The van der Waals surface area contributed by atoms with Crippen molar-refractivity contribution in [2.24, 2.45) is 0 Å². The Labute approximate surface area is 187 Å². The summed E-state index contributed by atoms with van der Waals surface area (Å²) < 4.78 is 5.58. The van der Waals surface area contributed by atoms with E-state index in [2.05, 4.69) is 5.32 Å². The number of halogens is 1. The normalized spacial score (nSPS) is 10.5. The number of hydrogen-bond acceptors (Lipinski definition) is 5. The molecule has 0 atom stereocenters. The highest BCUT2D eigenvalue weighted by Gasteiger charge is 2.21. The molecule has 0 unspecified atom stereocenters. The number of nitro groups is 1. The second kappa shape index (κ2) is 8.87. The van der Waals surface area contributed by atoms with Gasteiger partial charge in [0.05, 0.1) is 16.2 Å². The Morgan fingerprint density at radius 3 is 2.38 bits per heavy atom. The van der Waals surface area contributed by atoms with E-state index in [1.165, 1.54) is 36.4 Å². The fourth-order valence-corrected chi connectivity index (χ4v) is 3.36. The lowest BCUT2D eigenvalue weighted by atomic mass is 10.0. The summed E-state index contributed by atoms with van der Waals surface area (Å²) in [5.74, 6) is -0.798. The number of hydrogen-bond donors (Lipinski definition) is 1. The molecule has 0 aliphatic heterocycles. The maximum Gasteiger partial charge on any atom is 0.291 e. The number of ketones is 1. The van der Waals surface area contributed by atoms with Gasteiger partial charge in [-0.25, -0.2) is 0 Å². The summed E-state index contributed by atoms with van der Waals surface area (Å²) in [6, 6.07) is 22.1. The number of para-hydroxylation sites is 1. The summed E-state index contributed by atoms with van der Waals surface area (Å²) in [6.07, 6.45) is 0. The first-order valence-electron chi connectivity index (χ1n) is 9.48. The third-order valence-electron chi connectivity index (χ3n) is 4.71. The first-order valence-corrected chi connectivity index (χ1v) is 9.86. The van der Waals surface area contributed by atoms with E-state index in [4.69, 9.17) is 16.0 Å². The Morgan fingerprint density at radius 1 is 0.906 bits per heavy atom. The first-order chi connectivity index (χ1) is 15.4. The van der Waals surface area contributed by atoms with Gasteiger partial charge in [0.15, 0.2) is 11.5 Å². The molecule has 158 valence electrons. The molecule has 0 aliphatic carbocycles. The molecule has 1 amide bonds. The van der Waals surface area contributed by atoms with Gasteiger partial charge in [-0.3, -0.25) is 19.7 Å². The molecule has 4 aromatic rings. The minimum absolute atomic E-state index is 0.0637. The van der Waals surface area contributed by atoms with Crippen molar-refractivity contribution in [3.63, 3.8) is 0 Å². The summed E-state index contributed by atoms with van der Waals surface area (Å²) >= 11 is 6.07. The fraction of sp³-hybridized carbons (Fsp3) is 0. The van der Waals surface area contributed by atoms with Crippen LogP contribution in [0.5, 0.6) is 0 Å². The van der Waals surface area contributed by atoms with Crippen LogP contribution in [0, 0.1) is 10.1 Å². The van der Waals surface area contributed by atoms with Crippen LogP contribution in [0.15, 0.2) is 89.3 Å². The van der Waals surface area contributed by atoms with Crippen LogP contribution in [0.2, 0.25) is 5.02 Å².